The van der Waals surface area contributed by atoms with E-state index in [4.69, 9.17) is 19.4 Å². The molecule has 18 heteroatoms. The maximum atomic E-state index is 15.1. The molecule has 1 saturated carbocycles. The molecular weight excluding hydrogens is 911 g/mol. The van der Waals surface area contributed by atoms with Crippen LogP contribution in [0.4, 0.5) is 4.79 Å². The fourth-order valence-corrected chi connectivity index (χ4v) is 12.8. The Kier molecular flexibility index (Phi) is 14.3. The average molecular weight is 980 g/mol. The molecule has 6 bridgehead atoms. The fraction of sp³-hybridized carbons (Fsp3) is 0.549. The van der Waals surface area contributed by atoms with Crippen LogP contribution in [0.15, 0.2) is 54.6 Å². The Labute approximate surface area is 412 Å². The van der Waals surface area contributed by atoms with Crippen molar-refractivity contribution in [3.05, 3.63) is 70.8 Å². The Morgan fingerprint density at radius 2 is 1.87 bits per heavy atom. The Hall–Kier alpha value is -5.43. The lowest BCUT2D eigenvalue weighted by Crippen LogP contribution is -2.68. The number of likely N-dealkylation sites (N-methyl/N-ethyl adjacent to an activating group) is 1. The molecule has 4 aromatic rings. The minimum atomic E-state index is -1.42. The number of nitrogens with one attached hydrogen (secondary N) is 2. The maximum Gasteiger partial charge on any atom is 0.324 e. The van der Waals surface area contributed by atoms with Gasteiger partial charge in [-0.1, -0.05) is 40.3 Å². The summed E-state index contributed by atoms with van der Waals surface area (Å²) in [5, 5.41) is 6.95. The van der Waals surface area contributed by atoms with Gasteiger partial charge < -0.3 is 34.1 Å². The summed E-state index contributed by atoms with van der Waals surface area (Å²) < 4.78 is 14.3. The summed E-state index contributed by atoms with van der Waals surface area (Å²) in [6.45, 7) is 18.1. The number of rotatable bonds is 9. The first-order chi connectivity index (χ1) is 32.8. The van der Waals surface area contributed by atoms with Crippen LogP contribution in [0.5, 0.6) is 0 Å². The third-order valence-corrected chi connectivity index (χ3v) is 16.6. The number of hydrogen-bond donors (Lipinski definition) is 2. The molecule has 2 N–H and O–H groups in total. The van der Waals surface area contributed by atoms with E-state index in [0.29, 0.717) is 63.4 Å². The number of aryl methyl sites for hydroxylation is 1. The van der Waals surface area contributed by atoms with Crippen LogP contribution in [0, 0.1) is 11.3 Å². The number of aromatic nitrogens is 3. The third kappa shape index (κ3) is 9.86. The zero-order valence-corrected chi connectivity index (χ0v) is 44.5. The van der Waals surface area contributed by atoms with Gasteiger partial charge in [0.15, 0.2) is 0 Å². The molecule has 2 saturated heterocycles. The molecule has 0 radical (unpaired) electrons. The van der Waals surface area contributed by atoms with Crippen LogP contribution in [0.3, 0.4) is 0 Å². The van der Waals surface area contributed by atoms with Crippen molar-refractivity contribution in [3.8, 4) is 22.5 Å². The predicted molar refractivity (Wildman–Crippen MR) is 270 cm³/mol. The predicted octanol–water partition coefficient (Wildman–Crippen LogP) is 5.22. The number of urea groups is 1. The number of methoxy groups -OCH3 is 1. The second kappa shape index (κ2) is 19.8. The molecule has 3 aliphatic heterocycles. The van der Waals surface area contributed by atoms with E-state index >= 15 is 4.79 Å². The Balaban J connectivity index is 1.16. The van der Waals surface area contributed by atoms with Gasteiger partial charge in [-0.15, -0.1) is 11.3 Å². The van der Waals surface area contributed by atoms with E-state index in [0.717, 1.165) is 57.5 Å². The number of hydrogen-bond acceptors (Lipinski definition) is 11. The van der Waals surface area contributed by atoms with Crippen molar-refractivity contribution in [2.75, 3.05) is 46.9 Å². The van der Waals surface area contributed by atoms with Crippen LogP contribution < -0.4 is 10.7 Å². The zero-order chi connectivity index (χ0) is 49.6. The van der Waals surface area contributed by atoms with Crippen LogP contribution in [-0.4, -0.2) is 144 Å². The average Bonchev–Trinajstić information content (AvgIpc) is 3.93. The summed E-state index contributed by atoms with van der Waals surface area (Å²) in [4.78, 5) is 86.1. The van der Waals surface area contributed by atoms with Crippen LogP contribution >= 0.6 is 11.3 Å². The third-order valence-electron chi connectivity index (χ3n) is 14.7. The first-order valence-electron chi connectivity index (χ1n) is 24.4. The highest BCUT2D eigenvalue weighted by Gasteiger charge is 2.51. The SMILES string of the molecule is C=CC(=O)N1CCN(C(=O)N(C)[C@H](C(=O)NC2([SiH3])Cc3nc(cs3)-c3ccc4c(c3)c(c(-c3cccnc3[C@H](C)OC)n4CC)CC(C)(C)COC(=O)[C@@H]3CCCN(N3)C2=O)C(C)C)CCC12CC2. The van der Waals surface area contributed by atoms with E-state index in [1.165, 1.54) is 27.3 Å². The number of hydrazine groups is 1. The van der Waals surface area contributed by atoms with E-state index in [9.17, 15) is 19.2 Å². The lowest BCUT2D eigenvalue weighted by molar-refractivity contribution is -0.156. The van der Waals surface area contributed by atoms with Gasteiger partial charge in [0, 0.05) is 108 Å². The summed E-state index contributed by atoms with van der Waals surface area (Å²) in [6.07, 6.45) is 6.99. The van der Waals surface area contributed by atoms with E-state index in [-0.39, 0.29) is 58.7 Å². The van der Waals surface area contributed by atoms with Gasteiger partial charge in [-0.05, 0) is 94.2 Å². The lowest BCUT2D eigenvalue weighted by atomic mass is 9.84. The number of carbonyl (C=O) groups is 5. The second-order valence-corrected chi connectivity index (χ2v) is 23.4. The van der Waals surface area contributed by atoms with Crippen LogP contribution in [0.25, 0.3) is 33.4 Å². The first kappa shape index (κ1) is 50.0. The number of ether oxygens (including phenoxy) is 2. The number of thiazole rings is 1. The number of carbonyl (C=O) groups excluding carboxylic acids is 5. The number of cyclic esters (lactones) is 1. The summed E-state index contributed by atoms with van der Waals surface area (Å²) in [7, 11) is 3.49. The normalized spacial score (nSPS) is 22.4. The minimum absolute atomic E-state index is 0.102. The molecule has 6 heterocycles. The summed E-state index contributed by atoms with van der Waals surface area (Å²) >= 11 is 1.43. The first-order valence-corrected chi connectivity index (χ1v) is 26.3. The van der Waals surface area contributed by atoms with Crippen molar-refractivity contribution < 1.29 is 33.4 Å². The number of fused-ring (bicyclic) bond motifs is 6. The smallest absolute Gasteiger partial charge is 0.324 e. The van der Waals surface area contributed by atoms with Gasteiger partial charge in [-0.25, -0.2) is 15.2 Å². The molecule has 3 aromatic heterocycles. The molecular formula is C51H69N9O7SSi. The van der Waals surface area contributed by atoms with Crippen molar-refractivity contribution in [1.29, 1.82) is 0 Å². The summed E-state index contributed by atoms with van der Waals surface area (Å²) in [6, 6.07) is 8.43. The molecule has 370 valence electrons. The summed E-state index contributed by atoms with van der Waals surface area (Å²) in [5.74, 6) is -1.74. The molecule has 69 heavy (non-hydrogen) atoms. The van der Waals surface area contributed by atoms with E-state index in [2.05, 4.69) is 66.9 Å². The number of amides is 5. The molecule has 1 aromatic carbocycles. The monoisotopic (exact) mass is 979 g/mol. The molecule has 4 atom stereocenters. The van der Waals surface area contributed by atoms with E-state index in [1.807, 2.05) is 37.1 Å². The Morgan fingerprint density at radius 3 is 2.57 bits per heavy atom. The van der Waals surface area contributed by atoms with Crippen molar-refractivity contribution >= 4 is 62.2 Å². The van der Waals surface area contributed by atoms with Crippen molar-refractivity contribution in [2.24, 2.45) is 11.3 Å². The van der Waals surface area contributed by atoms with Gasteiger partial charge in [0.05, 0.1) is 34.8 Å². The zero-order valence-electron chi connectivity index (χ0n) is 41.7. The Bertz CT molecular complexity index is 2640. The quantitative estimate of drug-likeness (QED) is 0.129. The van der Waals surface area contributed by atoms with Gasteiger partial charge in [0.2, 0.25) is 11.8 Å². The molecule has 8 rings (SSSR count). The fourth-order valence-electron chi connectivity index (χ4n) is 10.7. The lowest BCUT2D eigenvalue weighted by Gasteiger charge is -2.41. The van der Waals surface area contributed by atoms with Crippen molar-refractivity contribution in [2.45, 2.75) is 122 Å². The maximum absolute atomic E-state index is 15.1. The summed E-state index contributed by atoms with van der Waals surface area (Å²) in [5.41, 5.74) is 9.10. The highest BCUT2D eigenvalue weighted by molar-refractivity contribution is 7.10. The van der Waals surface area contributed by atoms with Crippen molar-refractivity contribution in [3.63, 3.8) is 0 Å². The number of nitrogens with zero attached hydrogens (tertiary/aromatic N) is 7. The van der Waals surface area contributed by atoms with Gasteiger partial charge >= 0.3 is 12.0 Å². The second-order valence-electron chi connectivity index (χ2n) is 20.7. The number of esters is 1. The molecule has 1 aliphatic carbocycles. The molecule has 1 unspecified atom stereocenters. The van der Waals surface area contributed by atoms with Gasteiger partial charge in [-0.3, -0.25) is 29.2 Å². The topological polar surface area (TPSA) is 172 Å². The largest absolute Gasteiger partial charge is 0.464 e. The van der Waals surface area contributed by atoms with Crippen LogP contribution in [-0.2, 0) is 48.0 Å². The van der Waals surface area contributed by atoms with Crippen molar-refractivity contribution in [1.82, 2.24) is 45.0 Å². The molecule has 5 amide bonds. The standard InChI is InChI=1S/C51H69N9O7SSi/c1-10-41(61)59-25-24-57(23-20-50(59)18-19-50)48(65)56(8)43(31(3)4)45(62)54-51(69)28-40-53-38(29-68-40)33-16-17-39-35(26-33)36(44(58(39)11-2)34-14-12-21-52-42(34)32(5)66-9)27-49(6,7)30-67-46(63)37-15-13-22-60(55-37)47(51)64/h10,12,14,16-17,21,26,29,31-32,37,43,55H,1,11,13,15,18-20,22-25,27-28,30H2,2-9,69H3,(H,54,62)/t32-,37-,43-,51?/m0/s1. The van der Waals surface area contributed by atoms with Crippen LogP contribution in [0.1, 0.15) is 96.0 Å². The number of benzene rings is 1. The molecule has 3 fully saturated rings. The minimum Gasteiger partial charge on any atom is -0.464 e. The van der Waals surface area contributed by atoms with Gasteiger partial charge in [0.25, 0.3) is 5.91 Å². The Morgan fingerprint density at radius 1 is 1.10 bits per heavy atom. The van der Waals surface area contributed by atoms with Gasteiger partial charge in [0.1, 0.15) is 17.2 Å². The molecule has 4 aliphatic rings. The number of pyridine rings is 1. The van der Waals surface area contributed by atoms with Gasteiger partial charge in [-0.2, -0.15) is 0 Å². The van der Waals surface area contributed by atoms with Crippen LogP contribution in [0.2, 0.25) is 0 Å². The molecule has 1 spiro atoms. The molecule has 16 nitrogen and oxygen atoms in total. The van der Waals surface area contributed by atoms with E-state index < -0.39 is 34.5 Å². The van der Waals surface area contributed by atoms with E-state index in [1.54, 1.807) is 25.3 Å². The highest BCUT2D eigenvalue weighted by Crippen LogP contribution is 2.46. The highest BCUT2D eigenvalue weighted by atomic mass is 32.1.